The van der Waals surface area contributed by atoms with Gasteiger partial charge in [0.2, 0.25) is 11.8 Å². The van der Waals surface area contributed by atoms with Crippen LogP contribution in [0.5, 0.6) is 11.5 Å². The van der Waals surface area contributed by atoms with Gasteiger partial charge in [-0.05, 0) is 18.1 Å². The van der Waals surface area contributed by atoms with Crippen molar-refractivity contribution >= 4 is 11.8 Å². The van der Waals surface area contributed by atoms with Crippen LogP contribution >= 0.6 is 0 Å². The fourth-order valence-electron chi connectivity index (χ4n) is 2.63. The smallest absolute Gasteiger partial charge is 0.225 e. The van der Waals surface area contributed by atoms with Crippen LogP contribution in [0.25, 0.3) is 0 Å². The summed E-state index contributed by atoms with van der Waals surface area (Å²) < 4.78 is 0. The molecule has 1 atom stereocenters. The molecule has 0 aliphatic carbocycles. The lowest BCUT2D eigenvalue weighted by atomic mass is 10.1. The van der Waals surface area contributed by atoms with Crippen molar-refractivity contribution in [2.45, 2.75) is 26.8 Å². The minimum Gasteiger partial charge on any atom is -0.507 e. The largest absolute Gasteiger partial charge is 0.507 e. The number of likely N-dealkylation sites (tertiary alicyclic amines) is 1. The van der Waals surface area contributed by atoms with Crippen molar-refractivity contribution in [3.05, 3.63) is 23.8 Å². The molecule has 120 valence electrons. The quantitative estimate of drug-likeness (QED) is 0.763. The summed E-state index contributed by atoms with van der Waals surface area (Å²) in [5, 5.41) is 22.0. The van der Waals surface area contributed by atoms with Gasteiger partial charge >= 0.3 is 0 Å². The lowest BCUT2D eigenvalue weighted by Crippen LogP contribution is -2.33. The summed E-state index contributed by atoms with van der Waals surface area (Å²) in [6, 6.07) is 4.42. The number of hydrogen-bond acceptors (Lipinski definition) is 4. The van der Waals surface area contributed by atoms with Crippen molar-refractivity contribution < 1.29 is 19.8 Å². The van der Waals surface area contributed by atoms with Crippen LogP contribution < -0.4 is 5.32 Å². The van der Waals surface area contributed by atoms with Crippen LogP contribution in [0.4, 0.5) is 0 Å². The predicted octanol–water partition coefficient (Wildman–Crippen LogP) is 1.22. The summed E-state index contributed by atoms with van der Waals surface area (Å²) in [6.45, 7) is 5.17. The minimum absolute atomic E-state index is 0.000689. The van der Waals surface area contributed by atoms with Crippen LogP contribution in [-0.4, -0.2) is 40.0 Å². The van der Waals surface area contributed by atoms with Gasteiger partial charge in [-0.25, -0.2) is 0 Å². The third kappa shape index (κ3) is 3.69. The van der Waals surface area contributed by atoms with E-state index >= 15 is 0 Å². The molecule has 1 aromatic rings. The number of rotatable bonds is 5. The van der Waals surface area contributed by atoms with Gasteiger partial charge in [0.15, 0.2) is 0 Å². The summed E-state index contributed by atoms with van der Waals surface area (Å²) in [7, 11) is 0. The standard InChI is InChI=1S/C16H22N2O4/c1-10(2)8-18-9-11(6-15(18)21)16(22)17-7-12-13(19)4-3-5-14(12)20/h3-5,10-11,19-20H,6-9H2,1-2H3,(H,17,22). The number of nitrogens with one attached hydrogen (secondary N) is 1. The maximum atomic E-state index is 12.2. The molecule has 2 rings (SSSR count). The highest BCUT2D eigenvalue weighted by Crippen LogP contribution is 2.26. The van der Waals surface area contributed by atoms with Gasteiger partial charge in [0.1, 0.15) is 11.5 Å². The van der Waals surface area contributed by atoms with Crippen LogP contribution in [0.3, 0.4) is 0 Å². The van der Waals surface area contributed by atoms with Crippen molar-refractivity contribution in [3.8, 4) is 11.5 Å². The number of aromatic hydroxyl groups is 2. The van der Waals surface area contributed by atoms with E-state index in [4.69, 9.17) is 0 Å². The molecule has 2 amide bonds. The molecular formula is C16H22N2O4. The van der Waals surface area contributed by atoms with Crippen LogP contribution in [0.15, 0.2) is 18.2 Å². The molecule has 6 heteroatoms. The number of amides is 2. The second-order valence-corrected chi connectivity index (χ2v) is 6.09. The van der Waals surface area contributed by atoms with Crippen molar-refractivity contribution in [1.82, 2.24) is 10.2 Å². The molecule has 1 aliphatic heterocycles. The first-order valence-corrected chi connectivity index (χ1v) is 7.43. The molecular weight excluding hydrogens is 284 g/mol. The summed E-state index contributed by atoms with van der Waals surface area (Å²) in [4.78, 5) is 25.8. The molecule has 1 heterocycles. The van der Waals surface area contributed by atoms with Gasteiger partial charge < -0.3 is 20.4 Å². The molecule has 0 spiro atoms. The summed E-state index contributed by atoms with van der Waals surface area (Å²) >= 11 is 0. The fraction of sp³-hybridized carbons (Fsp3) is 0.500. The number of benzene rings is 1. The zero-order chi connectivity index (χ0) is 16.3. The second kappa shape index (κ2) is 6.68. The van der Waals surface area contributed by atoms with Crippen molar-refractivity contribution in [2.75, 3.05) is 13.1 Å². The lowest BCUT2D eigenvalue weighted by Gasteiger charge is -2.18. The maximum absolute atomic E-state index is 12.2. The first-order valence-electron chi connectivity index (χ1n) is 7.43. The molecule has 1 aliphatic rings. The summed E-state index contributed by atoms with van der Waals surface area (Å²) in [6.07, 6.45) is 0.214. The Morgan fingerprint density at radius 3 is 2.59 bits per heavy atom. The first kappa shape index (κ1) is 16.1. The summed E-state index contributed by atoms with van der Waals surface area (Å²) in [5.74, 6) is -0.377. The molecule has 1 fully saturated rings. The SMILES string of the molecule is CC(C)CN1CC(C(=O)NCc2c(O)cccc2O)CC1=O. The number of phenolic OH excluding ortho intramolecular Hbond substituents is 2. The molecule has 22 heavy (non-hydrogen) atoms. The van der Waals surface area contributed by atoms with E-state index in [1.807, 2.05) is 13.8 Å². The Morgan fingerprint density at radius 1 is 1.36 bits per heavy atom. The maximum Gasteiger partial charge on any atom is 0.225 e. The van der Waals surface area contributed by atoms with Gasteiger partial charge in [-0.15, -0.1) is 0 Å². The molecule has 3 N–H and O–H groups in total. The van der Waals surface area contributed by atoms with E-state index in [2.05, 4.69) is 5.32 Å². The van der Waals surface area contributed by atoms with Crippen molar-refractivity contribution in [3.63, 3.8) is 0 Å². The number of carbonyl (C=O) groups excluding carboxylic acids is 2. The number of nitrogens with zero attached hydrogens (tertiary/aromatic N) is 1. The Kier molecular flexibility index (Phi) is 4.90. The van der Waals surface area contributed by atoms with Crippen LogP contribution in [0.2, 0.25) is 0 Å². The highest BCUT2D eigenvalue weighted by molar-refractivity contribution is 5.89. The van der Waals surface area contributed by atoms with Gasteiger partial charge in [-0.1, -0.05) is 19.9 Å². The van der Waals surface area contributed by atoms with Gasteiger partial charge in [0, 0.05) is 19.5 Å². The Bertz CT molecular complexity index is 551. The first-order chi connectivity index (χ1) is 10.4. The Balaban J connectivity index is 1.92. The van der Waals surface area contributed by atoms with Crippen LogP contribution in [0.1, 0.15) is 25.8 Å². The average molecular weight is 306 g/mol. The second-order valence-electron chi connectivity index (χ2n) is 6.09. The van der Waals surface area contributed by atoms with Gasteiger partial charge in [-0.2, -0.15) is 0 Å². The minimum atomic E-state index is -0.376. The normalized spacial score (nSPS) is 18.0. The average Bonchev–Trinajstić information content (AvgIpc) is 2.79. The van der Waals surface area contributed by atoms with E-state index in [1.165, 1.54) is 18.2 Å². The molecule has 0 bridgehead atoms. The molecule has 1 aromatic carbocycles. The third-order valence-corrected chi connectivity index (χ3v) is 3.74. The fourth-order valence-corrected chi connectivity index (χ4v) is 2.63. The van der Waals surface area contributed by atoms with Crippen molar-refractivity contribution in [1.29, 1.82) is 0 Å². The molecule has 0 saturated carbocycles. The Labute approximate surface area is 129 Å². The summed E-state index contributed by atoms with van der Waals surface area (Å²) in [5.41, 5.74) is 0.277. The van der Waals surface area contributed by atoms with E-state index in [9.17, 15) is 19.8 Å². The number of hydrogen-bond donors (Lipinski definition) is 3. The van der Waals surface area contributed by atoms with E-state index in [-0.39, 0.29) is 47.8 Å². The van der Waals surface area contributed by atoms with E-state index in [1.54, 1.807) is 4.90 Å². The molecule has 6 nitrogen and oxygen atoms in total. The molecule has 0 aromatic heterocycles. The van der Waals surface area contributed by atoms with Crippen LogP contribution in [0, 0.1) is 11.8 Å². The van der Waals surface area contributed by atoms with E-state index < -0.39 is 0 Å². The van der Waals surface area contributed by atoms with Gasteiger partial charge in [-0.3, -0.25) is 9.59 Å². The van der Waals surface area contributed by atoms with Gasteiger partial charge in [0.25, 0.3) is 0 Å². The molecule has 1 unspecified atom stereocenters. The van der Waals surface area contributed by atoms with Gasteiger partial charge in [0.05, 0.1) is 18.0 Å². The number of phenols is 2. The third-order valence-electron chi connectivity index (χ3n) is 3.74. The van der Waals surface area contributed by atoms with Crippen LogP contribution in [-0.2, 0) is 16.1 Å². The molecule has 1 saturated heterocycles. The molecule has 0 radical (unpaired) electrons. The monoisotopic (exact) mass is 306 g/mol. The lowest BCUT2D eigenvalue weighted by molar-refractivity contribution is -0.129. The highest BCUT2D eigenvalue weighted by atomic mass is 16.3. The Hall–Kier alpha value is -2.24. The predicted molar refractivity (Wildman–Crippen MR) is 81.1 cm³/mol. The Morgan fingerprint density at radius 2 is 2.00 bits per heavy atom. The van der Waals surface area contributed by atoms with Crippen molar-refractivity contribution in [2.24, 2.45) is 11.8 Å². The topological polar surface area (TPSA) is 89.9 Å². The zero-order valence-electron chi connectivity index (χ0n) is 12.9. The van der Waals surface area contributed by atoms with E-state index in [0.717, 1.165) is 0 Å². The highest BCUT2D eigenvalue weighted by Gasteiger charge is 2.34. The number of carbonyl (C=O) groups is 2. The van der Waals surface area contributed by atoms with E-state index in [0.29, 0.717) is 19.0 Å². The zero-order valence-corrected chi connectivity index (χ0v) is 12.9.